The Balaban J connectivity index is 2.13. The van der Waals surface area contributed by atoms with Crippen LogP contribution in [0.25, 0.3) is 0 Å². The smallest absolute Gasteiger partial charge is 0.312 e. The van der Waals surface area contributed by atoms with Gasteiger partial charge < -0.3 is 4.84 Å². The summed E-state index contributed by atoms with van der Waals surface area (Å²) >= 11 is 5.81. The monoisotopic (exact) mass is 275 g/mol. The Morgan fingerprint density at radius 1 is 1.26 bits per heavy atom. The maximum atomic E-state index is 11.8. The molecule has 0 atom stereocenters. The second-order valence-electron chi connectivity index (χ2n) is 3.90. The fourth-order valence-corrected chi connectivity index (χ4v) is 1.71. The topological polar surface area (TPSA) is 55.7 Å². The summed E-state index contributed by atoms with van der Waals surface area (Å²) in [6, 6.07) is 7.02. The van der Waals surface area contributed by atoms with Crippen LogP contribution in [0, 0.1) is 6.92 Å². The van der Waals surface area contributed by atoms with Crippen molar-refractivity contribution in [3.63, 3.8) is 0 Å². The van der Waals surface area contributed by atoms with Crippen molar-refractivity contribution >= 4 is 29.1 Å². The van der Waals surface area contributed by atoms with Crippen molar-refractivity contribution in [1.29, 1.82) is 0 Å². The molecule has 5 heteroatoms. The number of ketones is 1. The molecule has 19 heavy (non-hydrogen) atoms. The minimum Gasteiger partial charge on any atom is -0.312 e. The van der Waals surface area contributed by atoms with Crippen molar-refractivity contribution < 1.29 is 14.4 Å². The highest BCUT2D eigenvalue weighted by Crippen LogP contribution is 2.13. The van der Waals surface area contributed by atoms with Gasteiger partial charge in [-0.1, -0.05) is 35.0 Å². The van der Waals surface area contributed by atoms with Gasteiger partial charge in [0.05, 0.1) is 10.6 Å². The standard InChI is InChI=1S/C14H10ClNO3/c1-9-4-2-3-5-11(9)14(18)19-16-13-7-6-10(17)8-12(13)15/h2-8H,1H3/b16-13-. The first-order valence-electron chi connectivity index (χ1n) is 5.52. The van der Waals surface area contributed by atoms with Gasteiger partial charge in [-0.3, -0.25) is 4.79 Å². The van der Waals surface area contributed by atoms with Gasteiger partial charge in [-0.05, 0) is 30.7 Å². The van der Waals surface area contributed by atoms with Crippen molar-refractivity contribution in [2.75, 3.05) is 0 Å². The fourth-order valence-electron chi connectivity index (χ4n) is 1.50. The molecule has 0 radical (unpaired) electrons. The number of hydrogen-bond donors (Lipinski definition) is 0. The Kier molecular flexibility index (Phi) is 3.92. The Labute approximate surface area is 115 Å². The van der Waals surface area contributed by atoms with Gasteiger partial charge in [-0.2, -0.15) is 0 Å². The van der Waals surface area contributed by atoms with E-state index in [1.54, 1.807) is 25.1 Å². The van der Waals surface area contributed by atoms with Crippen LogP contribution in [0.15, 0.2) is 52.7 Å². The van der Waals surface area contributed by atoms with E-state index in [-0.39, 0.29) is 16.5 Å². The molecule has 1 aliphatic rings. The predicted molar refractivity (Wildman–Crippen MR) is 72.1 cm³/mol. The molecular weight excluding hydrogens is 266 g/mol. The Hall–Kier alpha value is -2.20. The largest absolute Gasteiger partial charge is 0.366 e. The van der Waals surface area contributed by atoms with Gasteiger partial charge in [0.2, 0.25) is 0 Å². The van der Waals surface area contributed by atoms with Crippen LogP contribution < -0.4 is 0 Å². The van der Waals surface area contributed by atoms with Gasteiger partial charge in [0.1, 0.15) is 5.71 Å². The Bertz CT molecular complexity index is 629. The lowest BCUT2D eigenvalue weighted by atomic mass is 10.1. The highest BCUT2D eigenvalue weighted by atomic mass is 35.5. The van der Waals surface area contributed by atoms with Crippen LogP contribution >= 0.6 is 11.6 Å². The van der Waals surface area contributed by atoms with Crippen LogP contribution in [0.3, 0.4) is 0 Å². The molecule has 0 fully saturated rings. The van der Waals surface area contributed by atoms with Crippen LogP contribution in [-0.4, -0.2) is 17.5 Å². The number of halogens is 1. The normalized spacial score (nSPS) is 16.4. The number of hydrogen-bond acceptors (Lipinski definition) is 4. The summed E-state index contributed by atoms with van der Waals surface area (Å²) in [7, 11) is 0. The summed E-state index contributed by atoms with van der Waals surface area (Å²) in [4.78, 5) is 27.6. The third kappa shape index (κ3) is 3.17. The molecule has 0 saturated heterocycles. The molecule has 0 aromatic heterocycles. The highest BCUT2D eigenvalue weighted by Gasteiger charge is 2.13. The van der Waals surface area contributed by atoms with Crippen molar-refractivity contribution in [3.05, 3.63) is 58.7 Å². The molecule has 1 aromatic carbocycles. The second kappa shape index (κ2) is 5.63. The van der Waals surface area contributed by atoms with E-state index < -0.39 is 5.97 Å². The number of rotatable bonds is 2. The molecule has 0 unspecified atom stereocenters. The molecule has 2 rings (SSSR count). The van der Waals surface area contributed by atoms with E-state index in [1.165, 1.54) is 18.2 Å². The van der Waals surface area contributed by atoms with Crippen LogP contribution in [0.4, 0.5) is 0 Å². The number of carbonyl (C=O) groups excluding carboxylic acids is 2. The molecule has 0 N–H and O–H groups in total. The molecule has 0 saturated carbocycles. The molecule has 1 aliphatic carbocycles. The quantitative estimate of drug-likeness (QED) is 0.474. The lowest BCUT2D eigenvalue weighted by Gasteiger charge is -2.04. The number of benzene rings is 1. The molecule has 0 bridgehead atoms. The van der Waals surface area contributed by atoms with E-state index in [0.717, 1.165) is 5.56 Å². The van der Waals surface area contributed by atoms with Gasteiger partial charge in [-0.15, -0.1) is 0 Å². The molecule has 96 valence electrons. The fraction of sp³-hybridized carbons (Fsp3) is 0.0714. The lowest BCUT2D eigenvalue weighted by Crippen LogP contribution is -2.08. The molecule has 0 heterocycles. The minimum absolute atomic E-state index is 0.144. The SMILES string of the molecule is Cc1ccccc1C(=O)O/N=C1/C=CC(=O)C=C1Cl. The van der Waals surface area contributed by atoms with E-state index in [2.05, 4.69) is 5.16 Å². The molecule has 0 spiro atoms. The third-order valence-corrected chi connectivity index (χ3v) is 2.81. The van der Waals surface area contributed by atoms with Gasteiger partial charge in [0.15, 0.2) is 5.78 Å². The van der Waals surface area contributed by atoms with Crippen LogP contribution in [0.5, 0.6) is 0 Å². The summed E-state index contributed by atoms with van der Waals surface area (Å²) in [5, 5.41) is 3.79. The van der Waals surface area contributed by atoms with E-state index >= 15 is 0 Å². The first-order valence-corrected chi connectivity index (χ1v) is 5.90. The van der Waals surface area contributed by atoms with Gasteiger partial charge in [0.25, 0.3) is 0 Å². The molecule has 0 aliphatic heterocycles. The summed E-state index contributed by atoms with van der Waals surface area (Å²) in [6.07, 6.45) is 3.91. The van der Waals surface area contributed by atoms with Gasteiger partial charge >= 0.3 is 5.97 Å². The maximum absolute atomic E-state index is 11.8. The lowest BCUT2D eigenvalue weighted by molar-refractivity contribution is -0.110. The first-order chi connectivity index (χ1) is 9.08. The van der Waals surface area contributed by atoms with Gasteiger partial charge in [-0.25, -0.2) is 4.79 Å². The number of oxime groups is 1. The zero-order chi connectivity index (χ0) is 13.8. The molecule has 4 nitrogen and oxygen atoms in total. The first kappa shape index (κ1) is 13.2. The summed E-state index contributed by atoms with van der Waals surface area (Å²) in [5.41, 5.74) is 1.47. The van der Waals surface area contributed by atoms with Crippen LogP contribution in [0.1, 0.15) is 15.9 Å². The zero-order valence-corrected chi connectivity index (χ0v) is 10.8. The Morgan fingerprint density at radius 3 is 2.68 bits per heavy atom. The maximum Gasteiger partial charge on any atom is 0.366 e. The van der Waals surface area contributed by atoms with E-state index in [0.29, 0.717) is 5.56 Å². The average molecular weight is 276 g/mol. The number of nitrogens with zero attached hydrogens (tertiary/aromatic N) is 1. The third-order valence-electron chi connectivity index (χ3n) is 2.51. The van der Waals surface area contributed by atoms with Crippen molar-refractivity contribution in [2.45, 2.75) is 6.92 Å². The number of allylic oxidation sites excluding steroid dienone is 4. The van der Waals surface area contributed by atoms with E-state index in [1.807, 2.05) is 6.07 Å². The summed E-state index contributed by atoms with van der Waals surface area (Å²) < 4.78 is 0. The highest BCUT2D eigenvalue weighted by molar-refractivity contribution is 6.48. The van der Waals surface area contributed by atoms with E-state index in [4.69, 9.17) is 16.4 Å². The Morgan fingerprint density at radius 2 is 2.00 bits per heavy atom. The van der Waals surface area contributed by atoms with Crippen LogP contribution in [-0.2, 0) is 9.63 Å². The van der Waals surface area contributed by atoms with Crippen molar-refractivity contribution in [2.24, 2.45) is 5.16 Å². The van der Waals surface area contributed by atoms with Gasteiger partial charge in [0, 0.05) is 6.08 Å². The zero-order valence-electron chi connectivity index (χ0n) is 10.1. The second-order valence-corrected chi connectivity index (χ2v) is 4.31. The number of carbonyl (C=O) groups is 2. The van der Waals surface area contributed by atoms with E-state index in [9.17, 15) is 9.59 Å². The van der Waals surface area contributed by atoms with Crippen molar-refractivity contribution in [3.8, 4) is 0 Å². The minimum atomic E-state index is -0.569. The molecular formula is C14H10ClNO3. The molecule has 1 aromatic rings. The summed E-state index contributed by atoms with van der Waals surface area (Å²) in [6.45, 7) is 1.80. The molecule has 0 amide bonds. The average Bonchev–Trinajstić information content (AvgIpc) is 2.38. The van der Waals surface area contributed by atoms with Crippen LogP contribution in [0.2, 0.25) is 0 Å². The number of aryl methyl sites for hydroxylation is 1. The van der Waals surface area contributed by atoms with Crippen molar-refractivity contribution in [1.82, 2.24) is 0 Å². The predicted octanol–water partition coefficient (Wildman–Crippen LogP) is 2.77. The summed E-state index contributed by atoms with van der Waals surface area (Å²) in [5.74, 6) is -0.797.